The van der Waals surface area contributed by atoms with Crippen LogP contribution in [0.5, 0.6) is 0 Å². The van der Waals surface area contributed by atoms with E-state index in [1.165, 1.54) is 12.1 Å². The third-order valence-corrected chi connectivity index (χ3v) is 3.31. The Labute approximate surface area is 121 Å². The first kappa shape index (κ1) is 14.6. The van der Waals surface area contributed by atoms with Gasteiger partial charge in [0.15, 0.2) is 0 Å². The molecule has 0 aliphatic heterocycles. The Bertz CT molecular complexity index is 688. The van der Waals surface area contributed by atoms with Crippen molar-refractivity contribution in [2.24, 2.45) is 0 Å². The highest BCUT2D eigenvalue weighted by Gasteiger charge is 2.14. The number of hydrogen-bond donors (Lipinski definition) is 1. The van der Waals surface area contributed by atoms with E-state index >= 15 is 0 Å². The Morgan fingerprint density at radius 1 is 1.10 bits per heavy atom. The van der Waals surface area contributed by atoms with E-state index in [-0.39, 0.29) is 15.7 Å². The van der Waals surface area contributed by atoms with E-state index in [0.29, 0.717) is 5.56 Å². The molecule has 2 aromatic carbocycles. The summed E-state index contributed by atoms with van der Waals surface area (Å²) in [6, 6.07) is 5.45. The molecule has 0 saturated heterocycles. The second-order valence-corrected chi connectivity index (χ2v) is 5.01. The molecule has 0 spiro atoms. The summed E-state index contributed by atoms with van der Waals surface area (Å²) in [6.45, 7) is 1.62. The molecule has 0 aliphatic rings. The monoisotopic (exact) mass is 343 g/mol. The standard InChI is InChI=1S/C14H9BrF3NO/c1-7-2-3-8(16)4-9(7)14(20)19-13-6-11(17)10(15)5-12(13)18/h2-6H,1H3,(H,19,20). The first-order chi connectivity index (χ1) is 9.38. The average molecular weight is 344 g/mol. The van der Waals surface area contributed by atoms with Crippen molar-refractivity contribution in [3.8, 4) is 0 Å². The summed E-state index contributed by atoms with van der Waals surface area (Å²) in [6.07, 6.45) is 0. The van der Waals surface area contributed by atoms with Crippen LogP contribution in [0, 0.1) is 24.4 Å². The van der Waals surface area contributed by atoms with Gasteiger partial charge in [-0.3, -0.25) is 4.79 Å². The molecule has 6 heteroatoms. The van der Waals surface area contributed by atoms with Crippen molar-refractivity contribution < 1.29 is 18.0 Å². The highest BCUT2D eigenvalue weighted by atomic mass is 79.9. The fourth-order valence-corrected chi connectivity index (χ4v) is 1.96. The van der Waals surface area contributed by atoms with Gasteiger partial charge in [-0.2, -0.15) is 0 Å². The zero-order valence-corrected chi connectivity index (χ0v) is 11.9. The minimum Gasteiger partial charge on any atom is -0.319 e. The van der Waals surface area contributed by atoms with Crippen LogP contribution in [0.25, 0.3) is 0 Å². The topological polar surface area (TPSA) is 29.1 Å². The van der Waals surface area contributed by atoms with Crippen LogP contribution in [-0.2, 0) is 0 Å². The number of nitrogens with one attached hydrogen (secondary N) is 1. The predicted molar refractivity (Wildman–Crippen MR) is 73.1 cm³/mol. The number of carbonyl (C=O) groups excluding carboxylic acids is 1. The summed E-state index contributed by atoms with van der Waals surface area (Å²) in [5, 5.41) is 2.22. The Morgan fingerprint density at radius 2 is 1.80 bits per heavy atom. The molecule has 1 amide bonds. The van der Waals surface area contributed by atoms with Crippen LogP contribution in [-0.4, -0.2) is 5.91 Å². The molecule has 2 aromatic rings. The summed E-state index contributed by atoms with van der Waals surface area (Å²) in [5.41, 5.74) is 0.286. The third kappa shape index (κ3) is 3.01. The van der Waals surface area contributed by atoms with E-state index in [0.717, 1.165) is 18.2 Å². The van der Waals surface area contributed by atoms with E-state index in [1.807, 2.05) is 0 Å². The number of rotatable bonds is 2. The lowest BCUT2D eigenvalue weighted by molar-refractivity contribution is 0.102. The second-order valence-electron chi connectivity index (χ2n) is 4.16. The molecule has 2 rings (SSSR count). The average Bonchev–Trinajstić information content (AvgIpc) is 2.38. The molecule has 0 aromatic heterocycles. The van der Waals surface area contributed by atoms with Crippen LogP contribution in [0.1, 0.15) is 15.9 Å². The van der Waals surface area contributed by atoms with E-state index in [4.69, 9.17) is 0 Å². The molecule has 20 heavy (non-hydrogen) atoms. The summed E-state index contributed by atoms with van der Waals surface area (Å²) in [7, 11) is 0. The van der Waals surface area contributed by atoms with Crippen molar-refractivity contribution in [1.82, 2.24) is 0 Å². The van der Waals surface area contributed by atoms with E-state index in [2.05, 4.69) is 21.2 Å². The van der Waals surface area contributed by atoms with Crippen LogP contribution in [0.4, 0.5) is 18.9 Å². The van der Waals surface area contributed by atoms with Crippen molar-refractivity contribution in [2.45, 2.75) is 6.92 Å². The van der Waals surface area contributed by atoms with Gasteiger partial charge < -0.3 is 5.32 Å². The highest BCUT2D eigenvalue weighted by Crippen LogP contribution is 2.24. The zero-order chi connectivity index (χ0) is 14.9. The minimum absolute atomic E-state index is 0.0464. The van der Waals surface area contributed by atoms with Crippen LogP contribution in [0.15, 0.2) is 34.8 Å². The van der Waals surface area contributed by atoms with Gasteiger partial charge >= 0.3 is 0 Å². The van der Waals surface area contributed by atoms with Gasteiger partial charge in [-0.1, -0.05) is 6.07 Å². The van der Waals surface area contributed by atoms with Gasteiger partial charge in [-0.25, -0.2) is 13.2 Å². The molecule has 0 heterocycles. The molecule has 0 atom stereocenters. The molecular weight excluding hydrogens is 335 g/mol. The van der Waals surface area contributed by atoms with Crippen molar-refractivity contribution >= 4 is 27.5 Å². The van der Waals surface area contributed by atoms with Gasteiger partial charge in [0.05, 0.1) is 10.2 Å². The van der Waals surface area contributed by atoms with Crippen LogP contribution < -0.4 is 5.32 Å². The van der Waals surface area contributed by atoms with Crippen LogP contribution >= 0.6 is 15.9 Å². The van der Waals surface area contributed by atoms with E-state index in [9.17, 15) is 18.0 Å². The fourth-order valence-electron chi connectivity index (χ4n) is 1.65. The smallest absolute Gasteiger partial charge is 0.256 e. The lowest BCUT2D eigenvalue weighted by atomic mass is 10.1. The maximum absolute atomic E-state index is 13.6. The lowest BCUT2D eigenvalue weighted by Crippen LogP contribution is -2.15. The number of hydrogen-bond acceptors (Lipinski definition) is 1. The summed E-state index contributed by atoms with van der Waals surface area (Å²) < 4.78 is 40.0. The van der Waals surface area contributed by atoms with Gasteiger partial charge in [0.2, 0.25) is 0 Å². The first-order valence-electron chi connectivity index (χ1n) is 5.60. The fraction of sp³-hybridized carbons (Fsp3) is 0.0714. The molecule has 0 bridgehead atoms. The molecule has 0 radical (unpaired) electrons. The molecule has 0 fully saturated rings. The van der Waals surface area contributed by atoms with E-state index in [1.54, 1.807) is 6.92 Å². The maximum atomic E-state index is 13.6. The van der Waals surface area contributed by atoms with Gasteiger partial charge in [0.25, 0.3) is 5.91 Å². The summed E-state index contributed by atoms with van der Waals surface area (Å²) >= 11 is 2.84. The Hall–Kier alpha value is -1.82. The molecule has 104 valence electrons. The second kappa shape index (κ2) is 5.66. The van der Waals surface area contributed by atoms with Crippen molar-refractivity contribution in [2.75, 3.05) is 5.32 Å². The number of benzene rings is 2. The zero-order valence-electron chi connectivity index (χ0n) is 10.3. The lowest BCUT2D eigenvalue weighted by Gasteiger charge is -2.09. The maximum Gasteiger partial charge on any atom is 0.256 e. The van der Waals surface area contributed by atoms with Crippen LogP contribution in [0.3, 0.4) is 0 Å². The SMILES string of the molecule is Cc1ccc(F)cc1C(=O)Nc1cc(F)c(Br)cc1F. The number of halogens is 4. The molecule has 2 nitrogen and oxygen atoms in total. The summed E-state index contributed by atoms with van der Waals surface area (Å²) in [5.74, 6) is -2.79. The number of aryl methyl sites for hydroxylation is 1. The molecule has 0 unspecified atom stereocenters. The van der Waals surface area contributed by atoms with Crippen molar-refractivity contribution in [1.29, 1.82) is 0 Å². The Balaban J connectivity index is 2.32. The minimum atomic E-state index is -0.791. The van der Waals surface area contributed by atoms with Gasteiger partial charge in [-0.05, 0) is 46.6 Å². The largest absolute Gasteiger partial charge is 0.319 e. The molecular formula is C14H9BrF3NO. The molecule has 1 N–H and O–H groups in total. The summed E-state index contributed by atoms with van der Waals surface area (Å²) in [4.78, 5) is 12.0. The number of anilines is 1. The van der Waals surface area contributed by atoms with Gasteiger partial charge in [-0.15, -0.1) is 0 Å². The van der Waals surface area contributed by atoms with Crippen molar-refractivity contribution in [3.63, 3.8) is 0 Å². The highest BCUT2D eigenvalue weighted by molar-refractivity contribution is 9.10. The Kier molecular flexibility index (Phi) is 4.13. The predicted octanol–water partition coefficient (Wildman–Crippen LogP) is 4.43. The van der Waals surface area contributed by atoms with Gasteiger partial charge in [0.1, 0.15) is 17.5 Å². The normalized spacial score (nSPS) is 10.4. The van der Waals surface area contributed by atoms with Gasteiger partial charge in [0, 0.05) is 11.6 Å². The Morgan fingerprint density at radius 3 is 2.50 bits per heavy atom. The van der Waals surface area contributed by atoms with Crippen LogP contribution in [0.2, 0.25) is 0 Å². The quantitative estimate of drug-likeness (QED) is 0.803. The van der Waals surface area contributed by atoms with E-state index < -0.39 is 23.4 Å². The number of amides is 1. The van der Waals surface area contributed by atoms with Crippen molar-refractivity contribution in [3.05, 3.63) is 63.4 Å². The molecule has 0 saturated carbocycles. The number of carbonyl (C=O) groups is 1. The first-order valence-corrected chi connectivity index (χ1v) is 6.40. The third-order valence-electron chi connectivity index (χ3n) is 2.70. The molecule has 0 aliphatic carbocycles.